The van der Waals surface area contributed by atoms with Gasteiger partial charge in [-0.3, -0.25) is 4.90 Å². The molecule has 0 aromatic rings. The Morgan fingerprint density at radius 3 is 2.35 bits per heavy atom. The number of hydrogen-bond acceptors (Lipinski definition) is 4. The van der Waals surface area contributed by atoms with Crippen LogP contribution in [0.25, 0.3) is 0 Å². The number of nitrogens with zero attached hydrogens (tertiary/aromatic N) is 1. The van der Waals surface area contributed by atoms with Crippen molar-refractivity contribution in [2.24, 2.45) is 0 Å². The van der Waals surface area contributed by atoms with Crippen LogP contribution in [0.15, 0.2) is 0 Å². The van der Waals surface area contributed by atoms with E-state index < -0.39 is 29.3 Å². The molecule has 0 aliphatic carbocycles. The Morgan fingerprint density at radius 1 is 1.41 bits per heavy atom. The Labute approximate surface area is 100 Å². The number of aliphatic hydroxyl groups excluding tert-OH is 1. The summed E-state index contributed by atoms with van der Waals surface area (Å²) in [5, 5.41) is 18.9. The molecule has 1 unspecified atom stereocenters. The van der Waals surface area contributed by atoms with Crippen molar-refractivity contribution in [2.75, 3.05) is 6.54 Å². The van der Waals surface area contributed by atoms with E-state index in [0.29, 0.717) is 0 Å². The Balaban J connectivity index is 2.91. The first-order valence-corrected chi connectivity index (χ1v) is 5.51. The summed E-state index contributed by atoms with van der Waals surface area (Å²) in [5.41, 5.74) is -2.30. The Morgan fingerprint density at radius 2 is 1.94 bits per heavy atom. The number of amides is 1. The van der Waals surface area contributed by atoms with Gasteiger partial charge in [0.05, 0.1) is 6.10 Å². The number of aliphatic carboxylic acids is 1. The largest absolute Gasteiger partial charge is 0.479 e. The quantitative estimate of drug-likeness (QED) is 0.714. The Hall–Kier alpha value is -1.30. The molecular formula is C11H19NO5. The van der Waals surface area contributed by atoms with E-state index in [1.165, 1.54) is 6.92 Å². The average molecular weight is 245 g/mol. The van der Waals surface area contributed by atoms with Gasteiger partial charge < -0.3 is 14.9 Å². The number of hydrogen-bond donors (Lipinski definition) is 2. The maximum Gasteiger partial charge on any atom is 0.411 e. The summed E-state index contributed by atoms with van der Waals surface area (Å²) in [5.74, 6) is -1.23. The molecule has 0 saturated carbocycles. The summed E-state index contributed by atoms with van der Waals surface area (Å²) >= 11 is 0. The molecule has 0 aromatic heterocycles. The predicted molar refractivity (Wildman–Crippen MR) is 59.6 cm³/mol. The van der Waals surface area contributed by atoms with Gasteiger partial charge in [-0.25, -0.2) is 9.59 Å². The third-order valence-corrected chi connectivity index (χ3v) is 2.88. The lowest BCUT2D eigenvalue weighted by Gasteiger charge is -2.34. The van der Waals surface area contributed by atoms with E-state index in [2.05, 4.69) is 0 Å². The van der Waals surface area contributed by atoms with Crippen LogP contribution in [-0.2, 0) is 9.53 Å². The molecule has 6 heteroatoms. The van der Waals surface area contributed by atoms with E-state index in [1.54, 1.807) is 20.8 Å². The van der Waals surface area contributed by atoms with Gasteiger partial charge >= 0.3 is 12.1 Å². The van der Waals surface area contributed by atoms with Crippen molar-refractivity contribution < 1.29 is 24.5 Å². The molecular weight excluding hydrogens is 226 g/mol. The fraction of sp³-hybridized carbons (Fsp3) is 0.818. The molecule has 0 aromatic carbocycles. The Kier molecular flexibility index (Phi) is 3.38. The number of carbonyl (C=O) groups is 2. The molecule has 0 radical (unpaired) electrons. The van der Waals surface area contributed by atoms with Gasteiger partial charge in [0, 0.05) is 6.54 Å². The number of carboxylic acids is 1. The van der Waals surface area contributed by atoms with Crippen LogP contribution >= 0.6 is 0 Å². The van der Waals surface area contributed by atoms with Crippen LogP contribution in [0.5, 0.6) is 0 Å². The zero-order valence-electron chi connectivity index (χ0n) is 10.6. The Bertz CT molecular complexity index is 335. The van der Waals surface area contributed by atoms with Crippen LogP contribution in [-0.4, -0.2) is 51.0 Å². The minimum absolute atomic E-state index is 0.179. The molecule has 1 aliphatic heterocycles. The SMILES string of the molecule is CC(C)(C)OC(=O)N1CC[C@@H](O)C1(C)C(=O)O. The number of ether oxygens (including phenoxy) is 1. The number of carboxylic acid groups (broad SMARTS) is 1. The van der Waals surface area contributed by atoms with E-state index in [4.69, 9.17) is 9.84 Å². The molecule has 1 rings (SSSR count). The van der Waals surface area contributed by atoms with Crippen LogP contribution in [0.3, 0.4) is 0 Å². The zero-order chi connectivity index (χ0) is 13.4. The van der Waals surface area contributed by atoms with Gasteiger partial charge in [0.25, 0.3) is 0 Å². The van der Waals surface area contributed by atoms with Crippen molar-refractivity contribution in [2.45, 2.75) is 51.4 Å². The second-order valence-corrected chi connectivity index (χ2v) is 5.39. The maximum atomic E-state index is 11.9. The summed E-state index contributed by atoms with van der Waals surface area (Å²) in [6.45, 7) is 6.62. The van der Waals surface area contributed by atoms with Gasteiger partial charge in [0.15, 0.2) is 5.54 Å². The van der Waals surface area contributed by atoms with Crippen molar-refractivity contribution in [3.8, 4) is 0 Å². The van der Waals surface area contributed by atoms with E-state index >= 15 is 0 Å². The lowest BCUT2D eigenvalue weighted by atomic mass is 9.96. The first-order valence-electron chi connectivity index (χ1n) is 5.51. The first-order chi connectivity index (χ1) is 7.59. The highest BCUT2D eigenvalue weighted by molar-refractivity contribution is 5.85. The topological polar surface area (TPSA) is 87.1 Å². The van der Waals surface area contributed by atoms with Gasteiger partial charge in [0.1, 0.15) is 5.60 Å². The highest BCUT2D eigenvalue weighted by Crippen LogP contribution is 2.31. The summed E-state index contributed by atoms with van der Waals surface area (Å²) in [6, 6.07) is 0. The fourth-order valence-corrected chi connectivity index (χ4v) is 1.80. The van der Waals surface area contributed by atoms with Gasteiger partial charge in [-0.15, -0.1) is 0 Å². The molecule has 17 heavy (non-hydrogen) atoms. The molecule has 6 nitrogen and oxygen atoms in total. The van der Waals surface area contributed by atoms with E-state index in [1.807, 2.05) is 0 Å². The molecule has 98 valence electrons. The summed E-state index contributed by atoms with van der Waals surface area (Å²) in [7, 11) is 0. The predicted octanol–water partition coefficient (Wildman–Crippen LogP) is 0.831. The van der Waals surface area contributed by atoms with Gasteiger partial charge in [-0.2, -0.15) is 0 Å². The second-order valence-electron chi connectivity index (χ2n) is 5.39. The normalized spacial score (nSPS) is 29.2. The number of carbonyl (C=O) groups excluding carboxylic acids is 1. The van der Waals surface area contributed by atoms with Crippen LogP contribution in [0.1, 0.15) is 34.1 Å². The lowest BCUT2D eigenvalue weighted by molar-refractivity contribution is -0.153. The van der Waals surface area contributed by atoms with E-state index in [-0.39, 0.29) is 13.0 Å². The molecule has 0 spiro atoms. The van der Waals surface area contributed by atoms with E-state index in [0.717, 1.165) is 4.90 Å². The molecule has 1 aliphatic rings. The van der Waals surface area contributed by atoms with Gasteiger partial charge in [-0.1, -0.05) is 0 Å². The molecule has 1 fully saturated rings. The molecule has 0 bridgehead atoms. The monoisotopic (exact) mass is 245 g/mol. The van der Waals surface area contributed by atoms with Crippen LogP contribution < -0.4 is 0 Å². The average Bonchev–Trinajstić information content (AvgIpc) is 2.42. The standard InChI is InChI=1S/C11H19NO5/c1-10(2,3)17-9(16)12-6-5-7(13)11(12,4)8(14)15/h7,13H,5-6H2,1-4H3,(H,14,15)/t7-,11?/m1/s1. The molecule has 1 saturated heterocycles. The van der Waals surface area contributed by atoms with Crippen LogP contribution in [0, 0.1) is 0 Å². The van der Waals surface area contributed by atoms with Crippen molar-refractivity contribution >= 4 is 12.1 Å². The zero-order valence-corrected chi connectivity index (χ0v) is 10.6. The first kappa shape index (κ1) is 13.8. The highest BCUT2D eigenvalue weighted by atomic mass is 16.6. The van der Waals surface area contributed by atoms with Crippen LogP contribution in [0.4, 0.5) is 4.79 Å². The number of aliphatic hydroxyl groups is 1. The smallest absolute Gasteiger partial charge is 0.411 e. The fourth-order valence-electron chi connectivity index (χ4n) is 1.80. The summed E-state index contributed by atoms with van der Waals surface area (Å²) < 4.78 is 5.13. The van der Waals surface area contributed by atoms with Gasteiger partial charge in [-0.05, 0) is 34.1 Å². The summed E-state index contributed by atoms with van der Waals surface area (Å²) in [4.78, 5) is 24.1. The highest BCUT2D eigenvalue weighted by Gasteiger charge is 2.53. The molecule has 1 heterocycles. The van der Waals surface area contributed by atoms with Crippen molar-refractivity contribution in [3.63, 3.8) is 0 Å². The molecule has 1 amide bonds. The number of rotatable bonds is 1. The minimum Gasteiger partial charge on any atom is -0.479 e. The molecule has 2 N–H and O–H groups in total. The third kappa shape index (κ3) is 2.52. The van der Waals surface area contributed by atoms with Crippen molar-refractivity contribution in [3.05, 3.63) is 0 Å². The van der Waals surface area contributed by atoms with E-state index in [9.17, 15) is 14.7 Å². The third-order valence-electron chi connectivity index (χ3n) is 2.88. The van der Waals surface area contributed by atoms with Gasteiger partial charge in [0.2, 0.25) is 0 Å². The van der Waals surface area contributed by atoms with Crippen LogP contribution in [0.2, 0.25) is 0 Å². The maximum absolute atomic E-state index is 11.9. The van der Waals surface area contributed by atoms with Crippen molar-refractivity contribution in [1.29, 1.82) is 0 Å². The minimum atomic E-state index is -1.61. The molecule has 2 atom stereocenters. The summed E-state index contributed by atoms with van der Waals surface area (Å²) in [6.07, 6.45) is -1.55. The second kappa shape index (κ2) is 4.18. The number of likely N-dealkylation sites (tertiary alicyclic amines) is 1. The van der Waals surface area contributed by atoms with Crippen molar-refractivity contribution in [1.82, 2.24) is 4.90 Å². The lowest BCUT2D eigenvalue weighted by Crippen LogP contribution is -2.57.